The number of carboxylic acids is 3. The fraction of sp³-hybridized carbons (Fsp3) is 0.143. The molecule has 23 heavy (non-hydrogen) atoms. The number of carboxylic acid groups (broad SMARTS) is 3. The number of aromatic nitrogens is 1. The largest absolute Gasteiger partial charge is 0.479 e. The first-order valence-corrected chi connectivity index (χ1v) is 6.14. The molecule has 9 nitrogen and oxygen atoms in total. The number of nitrogens with zero attached hydrogens (tertiary/aromatic N) is 1. The molecule has 0 radical (unpaired) electrons. The number of hydrogen-bond donors (Lipinski definition) is 5. The first-order chi connectivity index (χ1) is 10.7. The van der Waals surface area contributed by atoms with Gasteiger partial charge in [-0.15, -0.1) is 0 Å². The third-order valence-corrected chi connectivity index (χ3v) is 2.64. The van der Waals surface area contributed by atoms with Crippen LogP contribution in [0.4, 0.5) is 0 Å². The van der Waals surface area contributed by atoms with Crippen LogP contribution in [0.5, 0.6) is 0 Å². The number of pyridine rings is 1. The smallest absolute Gasteiger partial charge is 0.337 e. The zero-order valence-electron chi connectivity index (χ0n) is 11.5. The molecule has 0 saturated carbocycles. The van der Waals surface area contributed by atoms with Gasteiger partial charge in [0.1, 0.15) is 0 Å². The van der Waals surface area contributed by atoms with Crippen molar-refractivity contribution in [1.29, 1.82) is 0 Å². The zero-order chi connectivity index (χ0) is 17.6. The van der Waals surface area contributed by atoms with Crippen molar-refractivity contribution in [2.24, 2.45) is 0 Å². The summed E-state index contributed by atoms with van der Waals surface area (Å²) in [7, 11) is 0. The van der Waals surface area contributed by atoms with Crippen LogP contribution in [0.25, 0.3) is 10.9 Å². The molecule has 5 N–H and O–H groups in total. The Morgan fingerprint density at radius 1 is 0.913 bits per heavy atom. The van der Waals surface area contributed by atoms with E-state index in [2.05, 4.69) is 4.98 Å². The Morgan fingerprint density at radius 2 is 1.43 bits per heavy atom. The molecule has 2 aromatic rings. The lowest BCUT2D eigenvalue weighted by molar-refractivity contribution is -0.165. The number of carbonyl (C=O) groups is 3. The van der Waals surface area contributed by atoms with E-state index in [0.29, 0.717) is 0 Å². The van der Waals surface area contributed by atoms with Crippen molar-refractivity contribution in [3.8, 4) is 0 Å². The van der Waals surface area contributed by atoms with Crippen molar-refractivity contribution < 1.29 is 39.9 Å². The van der Waals surface area contributed by atoms with E-state index in [1.165, 1.54) is 6.20 Å². The highest BCUT2D eigenvalue weighted by Gasteiger charge is 2.29. The number of fused-ring (bicyclic) bond motifs is 1. The van der Waals surface area contributed by atoms with Gasteiger partial charge in [-0.25, -0.2) is 14.4 Å². The molecular formula is C14H13NO8. The Balaban J connectivity index is 0.000000241. The van der Waals surface area contributed by atoms with E-state index < -0.39 is 30.1 Å². The van der Waals surface area contributed by atoms with Gasteiger partial charge in [0, 0.05) is 11.6 Å². The van der Waals surface area contributed by atoms with Gasteiger partial charge in [-0.05, 0) is 12.1 Å². The molecule has 122 valence electrons. The Hall–Kier alpha value is -3.04. The van der Waals surface area contributed by atoms with E-state index >= 15 is 0 Å². The summed E-state index contributed by atoms with van der Waals surface area (Å²) in [5.41, 5.74) is 1.03. The summed E-state index contributed by atoms with van der Waals surface area (Å²) >= 11 is 0. The van der Waals surface area contributed by atoms with Crippen molar-refractivity contribution in [2.75, 3.05) is 0 Å². The van der Waals surface area contributed by atoms with E-state index in [9.17, 15) is 14.4 Å². The highest BCUT2D eigenvalue weighted by atomic mass is 16.4. The summed E-state index contributed by atoms with van der Waals surface area (Å²) in [6.45, 7) is 0. The van der Waals surface area contributed by atoms with Gasteiger partial charge in [-0.2, -0.15) is 0 Å². The van der Waals surface area contributed by atoms with Crippen LogP contribution < -0.4 is 0 Å². The van der Waals surface area contributed by atoms with Crippen LogP contribution in [0.3, 0.4) is 0 Å². The van der Waals surface area contributed by atoms with E-state index in [1.54, 1.807) is 6.07 Å². The molecule has 0 aliphatic heterocycles. The molecule has 2 atom stereocenters. The van der Waals surface area contributed by atoms with Crippen molar-refractivity contribution in [3.63, 3.8) is 0 Å². The fourth-order valence-electron chi connectivity index (χ4n) is 1.46. The molecule has 2 rings (SSSR count). The van der Waals surface area contributed by atoms with Crippen LogP contribution in [0, 0.1) is 0 Å². The molecule has 1 aromatic heterocycles. The van der Waals surface area contributed by atoms with Gasteiger partial charge >= 0.3 is 17.9 Å². The Kier molecular flexibility index (Phi) is 6.13. The van der Waals surface area contributed by atoms with Crippen molar-refractivity contribution in [2.45, 2.75) is 12.2 Å². The van der Waals surface area contributed by atoms with Crippen LogP contribution in [0.2, 0.25) is 0 Å². The minimum absolute atomic E-state index is 0.221. The summed E-state index contributed by atoms with van der Waals surface area (Å²) in [6, 6.07) is 9.03. The molecule has 0 aliphatic rings. The second-order valence-electron chi connectivity index (χ2n) is 4.29. The highest BCUT2D eigenvalue weighted by molar-refractivity contribution is 5.92. The number of aliphatic hydroxyl groups excluding tert-OH is 2. The average molecular weight is 323 g/mol. The number of benzene rings is 1. The SMILES string of the molecule is O=C(O)[C@@H](O)[C@H](O)C(=O)O.O=C(O)c1cnc2ccccc2c1. The third-order valence-electron chi connectivity index (χ3n) is 2.64. The summed E-state index contributed by atoms with van der Waals surface area (Å²) in [6.07, 6.45) is -3.17. The maximum atomic E-state index is 10.6. The number of aliphatic carboxylic acids is 2. The second kappa shape index (κ2) is 7.82. The summed E-state index contributed by atoms with van der Waals surface area (Å²) < 4.78 is 0. The molecule has 0 aliphatic carbocycles. The maximum Gasteiger partial charge on any atom is 0.337 e. The molecule has 0 saturated heterocycles. The molecule has 0 unspecified atom stereocenters. The average Bonchev–Trinajstić information content (AvgIpc) is 2.53. The third kappa shape index (κ3) is 5.02. The topological polar surface area (TPSA) is 165 Å². The first-order valence-electron chi connectivity index (χ1n) is 6.14. The van der Waals surface area contributed by atoms with E-state index in [-0.39, 0.29) is 5.56 Å². The van der Waals surface area contributed by atoms with Gasteiger partial charge in [0.15, 0.2) is 12.2 Å². The van der Waals surface area contributed by atoms with Crippen LogP contribution in [0.1, 0.15) is 10.4 Å². The van der Waals surface area contributed by atoms with Crippen LogP contribution in [-0.4, -0.2) is 60.6 Å². The van der Waals surface area contributed by atoms with Gasteiger partial charge in [-0.3, -0.25) is 4.98 Å². The second-order valence-corrected chi connectivity index (χ2v) is 4.29. The van der Waals surface area contributed by atoms with Gasteiger partial charge in [0.2, 0.25) is 0 Å². The van der Waals surface area contributed by atoms with Crippen LogP contribution in [0.15, 0.2) is 36.5 Å². The molecule has 1 heterocycles. The van der Waals surface area contributed by atoms with Crippen molar-refractivity contribution in [1.82, 2.24) is 4.98 Å². The highest BCUT2D eigenvalue weighted by Crippen LogP contribution is 2.12. The van der Waals surface area contributed by atoms with Gasteiger partial charge in [0.05, 0.1) is 11.1 Å². The van der Waals surface area contributed by atoms with E-state index in [0.717, 1.165) is 10.9 Å². The van der Waals surface area contributed by atoms with Crippen molar-refractivity contribution in [3.05, 3.63) is 42.1 Å². The number of aromatic carboxylic acids is 1. The number of para-hydroxylation sites is 1. The Bertz CT molecular complexity index is 712. The van der Waals surface area contributed by atoms with Crippen LogP contribution >= 0.6 is 0 Å². The maximum absolute atomic E-state index is 10.6. The quantitative estimate of drug-likeness (QED) is 0.512. The van der Waals surface area contributed by atoms with Gasteiger partial charge in [-0.1, -0.05) is 18.2 Å². The molecule has 0 amide bonds. The fourth-order valence-corrected chi connectivity index (χ4v) is 1.46. The molecular weight excluding hydrogens is 310 g/mol. The minimum Gasteiger partial charge on any atom is -0.479 e. The summed E-state index contributed by atoms with van der Waals surface area (Å²) in [5, 5.41) is 42.1. The van der Waals surface area contributed by atoms with Gasteiger partial charge in [0.25, 0.3) is 0 Å². The molecule has 0 bridgehead atoms. The molecule has 0 spiro atoms. The molecule has 1 aromatic carbocycles. The first kappa shape index (κ1) is 18.0. The Labute approximate surface area is 129 Å². The standard InChI is InChI=1S/C10H7NO2.C4H6O6/c12-10(13)8-5-7-3-1-2-4-9(7)11-6-8;5-1(3(7)8)2(6)4(9)10/h1-6H,(H,12,13);1-2,5-6H,(H,7,8)(H,9,10)/t;1-,2-/m.0/s1. The summed E-state index contributed by atoms with van der Waals surface area (Å²) in [5.74, 6) is -4.48. The minimum atomic E-state index is -2.27. The lowest BCUT2D eigenvalue weighted by Gasteiger charge is -2.07. The molecule has 0 fully saturated rings. The number of aliphatic hydroxyl groups is 2. The lowest BCUT2D eigenvalue weighted by atomic mass is 10.2. The van der Waals surface area contributed by atoms with E-state index in [1.807, 2.05) is 24.3 Å². The van der Waals surface area contributed by atoms with Gasteiger partial charge < -0.3 is 25.5 Å². The van der Waals surface area contributed by atoms with E-state index in [4.69, 9.17) is 25.5 Å². The number of rotatable bonds is 4. The van der Waals surface area contributed by atoms with Crippen LogP contribution in [-0.2, 0) is 9.59 Å². The lowest BCUT2D eigenvalue weighted by Crippen LogP contribution is -2.39. The zero-order valence-corrected chi connectivity index (χ0v) is 11.5. The van der Waals surface area contributed by atoms with Crippen molar-refractivity contribution >= 4 is 28.8 Å². The number of hydrogen-bond acceptors (Lipinski definition) is 6. The predicted octanol–water partition coefficient (Wildman–Crippen LogP) is -0.190. The normalized spacial score (nSPS) is 12.6. The Morgan fingerprint density at radius 3 is 1.91 bits per heavy atom. The summed E-state index contributed by atoms with van der Waals surface area (Å²) in [4.78, 5) is 34.2. The predicted molar refractivity (Wildman–Crippen MR) is 76.0 cm³/mol. The monoisotopic (exact) mass is 323 g/mol. The molecule has 9 heteroatoms.